The zero-order chi connectivity index (χ0) is 15.2. The Morgan fingerprint density at radius 3 is 1.95 bits per heavy atom. The van der Waals surface area contributed by atoms with Gasteiger partial charge in [0, 0.05) is 0 Å². The third-order valence-electron chi connectivity index (χ3n) is 3.46. The van der Waals surface area contributed by atoms with E-state index in [-0.39, 0.29) is 0 Å². The zero-order valence-electron chi connectivity index (χ0n) is 12.5. The number of hydrogen-bond donors (Lipinski definition) is 0. The van der Waals surface area contributed by atoms with Crippen molar-refractivity contribution in [2.45, 2.75) is 13.5 Å². The summed E-state index contributed by atoms with van der Waals surface area (Å²) in [7, 11) is 0. The lowest BCUT2D eigenvalue weighted by molar-refractivity contribution is 0.305. The molecule has 0 bridgehead atoms. The topological polar surface area (TPSA) is 18.5 Å². The Labute approximate surface area is 131 Å². The van der Waals surface area contributed by atoms with Crippen LogP contribution in [-0.4, -0.2) is 0 Å². The molecule has 0 N–H and O–H groups in total. The first-order chi connectivity index (χ1) is 10.8. The van der Waals surface area contributed by atoms with E-state index in [4.69, 9.17) is 9.47 Å². The fourth-order valence-electron chi connectivity index (χ4n) is 2.16. The van der Waals surface area contributed by atoms with Gasteiger partial charge in [0.15, 0.2) is 0 Å². The van der Waals surface area contributed by atoms with E-state index in [9.17, 15) is 0 Å². The van der Waals surface area contributed by atoms with Crippen LogP contribution in [-0.2, 0) is 6.61 Å². The minimum atomic E-state index is 0.575. The molecule has 0 amide bonds. The molecular formula is C20H18O2. The minimum Gasteiger partial charge on any atom is -0.489 e. The van der Waals surface area contributed by atoms with Crippen LogP contribution in [0, 0.1) is 6.92 Å². The van der Waals surface area contributed by atoms with Crippen molar-refractivity contribution in [3.05, 3.63) is 90.0 Å². The van der Waals surface area contributed by atoms with Gasteiger partial charge in [-0.1, -0.05) is 42.5 Å². The number of para-hydroxylation sites is 1. The van der Waals surface area contributed by atoms with Gasteiger partial charge >= 0.3 is 0 Å². The lowest BCUT2D eigenvalue weighted by atomic mass is 10.1. The highest BCUT2D eigenvalue weighted by atomic mass is 16.5. The first-order valence-electron chi connectivity index (χ1n) is 7.31. The van der Waals surface area contributed by atoms with Crippen molar-refractivity contribution in [2.75, 3.05) is 0 Å². The fourth-order valence-corrected chi connectivity index (χ4v) is 2.16. The molecule has 2 nitrogen and oxygen atoms in total. The smallest absolute Gasteiger partial charge is 0.127 e. The molecule has 0 fully saturated rings. The molecule has 0 radical (unpaired) electrons. The maximum atomic E-state index is 5.82. The van der Waals surface area contributed by atoms with E-state index in [1.165, 1.54) is 11.1 Å². The molecule has 0 aliphatic carbocycles. The van der Waals surface area contributed by atoms with Gasteiger partial charge < -0.3 is 9.47 Å². The van der Waals surface area contributed by atoms with Gasteiger partial charge in [-0.05, 0) is 54.4 Å². The summed E-state index contributed by atoms with van der Waals surface area (Å²) in [4.78, 5) is 0. The van der Waals surface area contributed by atoms with Crippen molar-refractivity contribution in [1.29, 1.82) is 0 Å². The summed E-state index contributed by atoms with van der Waals surface area (Å²) in [5, 5.41) is 0. The van der Waals surface area contributed by atoms with E-state index < -0.39 is 0 Å². The molecule has 0 spiro atoms. The summed E-state index contributed by atoms with van der Waals surface area (Å²) in [6, 6.07) is 25.7. The molecule has 0 saturated carbocycles. The van der Waals surface area contributed by atoms with Gasteiger partial charge in [0.2, 0.25) is 0 Å². The molecule has 0 heterocycles. The normalized spacial score (nSPS) is 10.2. The largest absolute Gasteiger partial charge is 0.489 e. The van der Waals surface area contributed by atoms with Gasteiger partial charge in [0.1, 0.15) is 23.9 Å². The standard InChI is InChI=1S/C20H18O2/c1-16-7-5-6-8-17(16)15-21-18-11-13-20(14-12-18)22-19-9-3-2-4-10-19/h2-14H,15H2,1H3. The molecule has 2 heteroatoms. The Hall–Kier alpha value is -2.74. The van der Waals surface area contributed by atoms with Crippen LogP contribution >= 0.6 is 0 Å². The maximum absolute atomic E-state index is 5.82. The summed E-state index contributed by atoms with van der Waals surface area (Å²) in [6.45, 7) is 2.67. The average molecular weight is 290 g/mol. The number of ether oxygens (including phenoxy) is 2. The number of aryl methyl sites for hydroxylation is 1. The van der Waals surface area contributed by atoms with Crippen LogP contribution in [0.1, 0.15) is 11.1 Å². The van der Waals surface area contributed by atoms with Crippen LogP contribution in [0.3, 0.4) is 0 Å². The molecular weight excluding hydrogens is 272 g/mol. The molecule has 3 rings (SSSR count). The average Bonchev–Trinajstić information content (AvgIpc) is 2.56. The summed E-state index contributed by atoms with van der Waals surface area (Å²) < 4.78 is 11.6. The Bertz CT molecular complexity index is 718. The zero-order valence-corrected chi connectivity index (χ0v) is 12.5. The van der Waals surface area contributed by atoms with Crippen molar-refractivity contribution in [1.82, 2.24) is 0 Å². The number of hydrogen-bond acceptors (Lipinski definition) is 2. The molecule has 110 valence electrons. The van der Waals surface area contributed by atoms with E-state index in [1.807, 2.05) is 66.7 Å². The Morgan fingerprint density at radius 1 is 0.636 bits per heavy atom. The van der Waals surface area contributed by atoms with E-state index in [0.717, 1.165) is 17.2 Å². The summed E-state index contributed by atoms with van der Waals surface area (Å²) in [6.07, 6.45) is 0. The van der Waals surface area contributed by atoms with Gasteiger partial charge in [0.05, 0.1) is 0 Å². The lowest BCUT2D eigenvalue weighted by Crippen LogP contribution is -1.97. The van der Waals surface area contributed by atoms with Gasteiger partial charge in [-0.25, -0.2) is 0 Å². The highest BCUT2D eigenvalue weighted by molar-refractivity contribution is 5.35. The highest BCUT2D eigenvalue weighted by Crippen LogP contribution is 2.24. The highest BCUT2D eigenvalue weighted by Gasteiger charge is 2.00. The number of benzene rings is 3. The van der Waals surface area contributed by atoms with Gasteiger partial charge in [-0.2, -0.15) is 0 Å². The van der Waals surface area contributed by atoms with Crippen molar-refractivity contribution < 1.29 is 9.47 Å². The maximum Gasteiger partial charge on any atom is 0.127 e. The second kappa shape index (κ2) is 6.81. The second-order valence-electron chi connectivity index (χ2n) is 5.10. The SMILES string of the molecule is Cc1ccccc1COc1ccc(Oc2ccccc2)cc1. The van der Waals surface area contributed by atoms with E-state index >= 15 is 0 Å². The Morgan fingerprint density at radius 2 is 1.23 bits per heavy atom. The first-order valence-corrected chi connectivity index (χ1v) is 7.31. The monoisotopic (exact) mass is 290 g/mol. The van der Waals surface area contributed by atoms with Crippen LogP contribution < -0.4 is 9.47 Å². The van der Waals surface area contributed by atoms with Gasteiger partial charge in [0.25, 0.3) is 0 Å². The molecule has 0 unspecified atom stereocenters. The lowest BCUT2D eigenvalue weighted by Gasteiger charge is -2.10. The van der Waals surface area contributed by atoms with Crippen LogP contribution in [0.25, 0.3) is 0 Å². The molecule has 3 aromatic rings. The third kappa shape index (κ3) is 3.67. The molecule has 0 aliphatic heterocycles. The second-order valence-corrected chi connectivity index (χ2v) is 5.10. The quantitative estimate of drug-likeness (QED) is 0.629. The molecule has 0 atom stereocenters. The predicted molar refractivity (Wildman–Crippen MR) is 88.5 cm³/mol. The summed E-state index contributed by atoms with van der Waals surface area (Å²) in [5.41, 5.74) is 2.44. The van der Waals surface area contributed by atoms with Crippen LogP contribution in [0.4, 0.5) is 0 Å². The Balaban J connectivity index is 1.61. The van der Waals surface area contributed by atoms with Crippen molar-refractivity contribution >= 4 is 0 Å². The van der Waals surface area contributed by atoms with Gasteiger partial charge in [-0.15, -0.1) is 0 Å². The van der Waals surface area contributed by atoms with Crippen LogP contribution in [0.5, 0.6) is 17.2 Å². The summed E-state index contributed by atoms with van der Waals surface area (Å²) in [5.74, 6) is 2.47. The van der Waals surface area contributed by atoms with Crippen LogP contribution in [0.15, 0.2) is 78.9 Å². The van der Waals surface area contributed by atoms with E-state index in [0.29, 0.717) is 6.61 Å². The molecule has 0 aromatic heterocycles. The van der Waals surface area contributed by atoms with Gasteiger partial charge in [-0.3, -0.25) is 0 Å². The van der Waals surface area contributed by atoms with E-state index in [1.54, 1.807) is 0 Å². The first kappa shape index (κ1) is 14.2. The van der Waals surface area contributed by atoms with Crippen molar-refractivity contribution in [2.24, 2.45) is 0 Å². The summed E-state index contributed by atoms with van der Waals surface area (Å²) >= 11 is 0. The van der Waals surface area contributed by atoms with E-state index in [2.05, 4.69) is 19.1 Å². The Kier molecular flexibility index (Phi) is 4.40. The fraction of sp³-hybridized carbons (Fsp3) is 0.100. The molecule has 0 saturated heterocycles. The molecule has 0 aliphatic rings. The number of rotatable bonds is 5. The minimum absolute atomic E-state index is 0.575. The van der Waals surface area contributed by atoms with Crippen molar-refractivity contribution in [3.8, 4) is 17.2 Å². The third-order valence-corrected chi connectivity index (χ3v) is 3.46. The molecule has 3 aromatic carbocycles. The van der Waals surface area contributed by atoms with Crippen molar-refractivity contribution in [3.63, 3.8) is 0 Å². The predicted octanol–water partition coefficient (Wildman–Crippen LogP) is 5.37. The van der Waals surface area contributed by atoms with Crippen LogP contribution in [0.2, 0.25) is 0 Å². The molecule has 22 heavy (non-hydrogen) atoms.